The smallest absolute Gasteiger partial charge is 0.326 e. The molecule has 2 unspecified atom stereocenters. The number of esters is 1. The van der Waals surface area contributed by atoms with Crippen LogP contribution in [0.2, 0.25) is 0 Å². The van der Waals surface area contributed by atoms with Gasteiger partial charge in [0.2, 0.25) is 0 Å². The van der Waals surface area contributed by atoms with Gasteiger partial charge in [-0.1, -0.05) is 93.7 Å². The molecule has 0 radical (unpaired) electrons. The van der Waals surface area contributed by atoms with Crippen molar-refractivity contribution >= 4 is 73.9 Å². The zero-order chi connectivity index (χ0) is 32.2. The van der Waals surface area contributed by atoms with Crippen molar-refractivity contribution in [2.75, 3.05) is 18.1 Å². The largest absolute Gasteiger partial charge is 0.465 e. The summed E-state index contributed by atoms with van der Waals surface area (Å²) < 4.78 is 8.02. The molecule has 0 bridgehead atoms. The first-order valence-electron chi connectivity index (χ1n) is 16.5. The molecular weight excluding hydrogens is 635 g/mol. The van der Waals surface area contributed by atoms with E-state index in [4.69, 9.17) is 17.0 Å². The van der Waals surface area contributed by atoms with Gasteiger partial charge in [0, 0.05) is 29.9 Å². The fourth-order valence-electron chi connectivity index (χ4n) is 6.98. The summed E-state index contributed by atoms with van der Waals surface area (Å²) in [5.74, 6) is -0.257. The number of hydrogen-bond acceptors (Lipinski definition) is 8. The number of carbonyl (C=O) groups excluding carboxylic acids is 2. The topological polar surface area (TPSA) is 71.9 Å². The highest BCUT2D eigenvalue weighted by Gasteiger charge is 2.42. The van der Waals surface area contributed by atoms with Crippen molar-refractivity contribution in [1.82, 2.24) is 9.47 Å². The number of amides is 1. The number of unbranched alkanes of at least 4 members (excludes halogenated alkanes) is 5. The highest BCUT2D eigenvalue weighted by molar-refractivity contribution is 8.30. The number of fused-ring (bicyclic) bond motifs is 3. The van der Waals surface area contributed by atoms with Gasteiger partial charge >= 0.3 is 5.97 Å². The molecule has 7 nitrogen and oxygen atoms in total. The molecule has 1 aromatic heterocycles. The monoisotopic (exact) mass is 675 g/mol. The van der Waals surface area contributed by atoms with Crippen LogP contribution >= 0.6 is 35.3 Å². The van der Waals surface area contributed by atoms with Gasteiger partial charge in [0.1, 0.15) is 20.4 Å². The maximum Gasteiger partial charge on any atom is 0.326 e. The Morgan fingerprint density at radius 3 is 2.59 bits per heavy atom. The van der Waals surface area contributed by atoms with Crippen LogP contribution in [-0.4, -0.2) is 44.9 Å². The number of thiocarbonyl (C=S) groups is 1. The quantitative estimate of drug-likeness (QED) is 0.125. The molecule has 3 aliphatic rings. The number of rotatable bonds is 12. The van der Waals surface area contributed by atoms with Crippen molar-refractivity contribution < 1.29 is 14.3 Å². The molecule has 10 heteroatoms. The Labute approximate surface area is 283 Å². The zero-order valence-corrected chi connectivity index (χ0v) is 29.0. The van der Waals surface area contributed by atoms with E-state index in [1.165, 1.54) is 70.3 Å². The standard InChI is InChI=1S/C36H41N3O4S3/c1-3-5-6-7-8-12-20-37-34(42)32(46-36(37)44)35-38(23-31(40)43-4-2)33(41)30(45-35)22-24-18-19-29-27(21-24)26-16-13-17-28(26)39(29)25-14-10-9-11-15-25/h9-11,14-15,18-19,21-22,26,28H,3-8,12-13,16-17,20,23H2,1-2H3/b30-22+,35-32+. The first-order chi connectivity index (χ1) is 22.4. The lowest BCUT2D eigenvalue weighted by atomic mass is 9.96. The van der Waals surface area contributed by atoms with Crippen LogP contribution in [0, 0.1) is 0 Å². The highest BCUT2D eigenvalue weighted by atomic mass is 32.2. The fraction of sp³-hybridized carbons (Fsp3) is 0.444. The van der Waals surface area contributed by atoms with Crippen molar-refractivity contribution in [1.29, 1.82) is 0 Å². The third-order valence-corrected chi connectivity index (χ3v) is 11.8. The molecular formula is C36H41N3O4S3. The summed E-state index contributed by atoms with van der Waals surface area (Å²) in [4.78, 5) is 44.6. The number of hydrogen-bond donors (Lipinski definition) is 0. The number of thiazole rings is 1. The molecule has 3 aromatic rings. The molecule has 2 aliphatic heterocycles. The lowest BCUT2D eigenvalue weighted by Crippen LogP contribution is -2.36. The Hall–Kier alpha value is -3.21. The number of carbonyl (C=O) groups is 2. The van der Waals surface area contributed by atoms with E-state index in [0.717, 1.165) is 37.7 Å². The minimum absolute atomic E-state index is 0.195. The average Bonchev–Trinajstić information content (AvgIpc) is 3.79. The van der Waals surface area contributed by atoms with E-state index in [1.54, 1.807) is 11.8 Å². The molecule has 2 aromatic carbocycles. The molecule has 2 atom stereocenters. The van der Waals surface area contributed by atoms with Crippen molar-refractivity contribution in [2.45, 2.75) is 90.1 Å². The van der Waals surface area contributed by atoms with Crippen LogP contribution in [0.15, 0.2) is 53.3 Å². The molecule has 1 saturated heterocycles. The highest BCUT2D eigenvalue weighted by Crippen LogP contribution is 2.52. The summed E-state index contributed by atoms with van der Waals surface area (Å²) in [7, 11) is 0. The Balaban J connectivity index is 1.35. The normalized spacial score (nSPS) is 20.5. The molecule has 1 amide bonds. The van der Waals surface area contributed by atoms with Crippen LogP contribution in [-0.2, 0) is 20.9 Å². The molecule has 1 aliphatic carbocycles. The van der Waals surface area contributed by atoms with Crippen LogP contribution in [0.3, 0.4) is 0 Å². The van der Waals surface area contributed by atoms with Gasteiger partial charge < -0.3 is 9.64 Å². The van der Waals surface area contributed by atoms with Crippen molar-refractivity contribution in [3.8, 4) is 0 Å². The molecule has 46 heavy (non-hydrogen) atoms. The van der Waals surface area contributed by atoms with Crippen molar-refractivity contribution in [3.63, 3.8) is 0 Å². The lowest BCUT2D eigenvalue weighted by molar-refractivity contribution is -0.143. The summed E-state index contributed by atoms with van der Waals surface area (Å²) in [6.45, 7) is 4.45. The van der Waals surface area contributed by atoms with Crippen LogP contribution in [0.25, 0.3) is 11.0 Å². The van der Waals surface area contributed by atoms with Gasteiger partial charge in [-0.2, -0.15) is 0 Å². The predicted molar refractivity (Wildman–Crippen MR) is 192 cm³/mol. The molecule has 2 fully saturated rings. The van der Waals surface area contributed by atoms with E-state index in [1.807, 2.05) is 12.1 Å². The molecule has 6 rings (SSSR count). The lowest BCUT2D eigenvalue weighted by Gasteiger charge is -2.27. The number of thioether (sulfide) groups is 1. The van der Waals surface area contributed by atoms with Gasteiger partial charge in [-0.05, 0) is 67.7 Å². The summed E-state index contributed by atoms with van der Waals surface area (Å²) in [5, 5.41) is 0. The Morgan fingerprint density at radius 2 is 1.80 bits per heavy atom. The van der Waals surface area contributed by atoms with Gasteiger partial charge in [-0.15, -0.1) is 11.3 Å². The second-order valence-corrected chi connectivity index (χ2v) is 14.8. The molecule has 242 valence electrons. The van der Waals surface area contributed by atoms with Crippen LogP contribution < -0.4 is 19.7 Å². The average molecular weight is 676 g/mol. The number of benzene rings is 2. The zero-order valence-electron chi connectivity index (χ0n) is 26.5. The SMILES string of the molecule is CCCCCCCCN1C(=O)/C(=c2\s/c(=C/c3ccc4c(c3)C3CCCC3N4c3ccccc3)c(=O)n2CC(=O)OCC)SC1=S. The van der Waals surface area contributed by atoms with Crippen molar-refractivity contribution in [2.24, 2.45) is 0 Å². The second-order valence-electron chi connectivity index (χ2n) is 12.2. The third-order valence-electron chi connectivity index (χ3n) is 9.13. The maximum absolute atomic E-state index is 13.9. The number of nitrogens with zero attached hydrogens (tertiary/aromatic N) is 3. The van der Waals surface area contributed by atoms with E-state index in [2.05, 4.69) is 54.3 Å². The first-order valence-corrected chi connectivity index (χ1v) is 18.6. The van der Waals surface area contributed by atoms with Crippen molar-refractivity contribution in [3.05, 3.63) is 79.2 Å². The summed E-state index contributed by atoms with van der Waals surface area (Å²) in [6, 6.07) is 17.4. The first kappa shape index (κ1) is 32.7. The van der Waals surface area contributed by atoms with Gasteiger partial charge in [0.15, 0.2) is 0 Å². The second kappa shape index (κ2) is 14.7. The molecule has 1 saturated carbocycles. The van der Waals surface area contributed by atoms with Gasteiger partial charge in [0.25, 0.3) is 11.5 Å². The van der Waals surface area contributed by atoms with E-state index >= 15 is 0 Å². The molecule has 0 N–H and O–H groups in total. The maximum atomic E-state index is 13.9. The van der Waals surface area contributed by atoms with Crippen LogP contribution in [0.1, 0.15) is 88.7 Å². The number of ether oxygens (including phenoxy) is 1. The Kier molecular flexibility index (Phi) is 10.5. The number of para-hydroxylation sites is 1. The third kappa shape index (κ3) is 6.62. The predicted octanol–water partition coefficient (Wildman–Crippen LogP) is 6.42. The van der Waals surface area contributed by atoms with E-state index in [-0.39, 0.29) is 24.6 Å². The van der Waals surface area contributed by atoms with Gasteiger partial charge in [-0.25, -0.2) is 0 Å². The van der Waals surface area contributed by atoms with Gasteiger partial charge in [0.05, 0.1) is 11.1 Å². The Bertz CT molecular complexity index is 1800. The summed E-state index contributed by atoms with van der Waals surface area (Å²) in [5.41, 5.74) is 4.38. The fourth-order valence-corrected chi connectivity index (χ4v) is 9.54. The van der Waals surface area contributed by atoms with Gasteiger partial charge in [-0.3, -0.25) is 23.9 Å². The number of aromatic nitrogens is 1. The minimum Gasteiger partial charge on any atom is -0.465 e. The van der Waals surface area contributed by atoms with E-state index in [0.29, 0.717) is 36.9 Å². The Morgan fingerprint density at radius 1 is 1.02 bits per heavy atom. The van der Waals surface area contributed by atoms with E-state index in [9.17, 15) is 14.4 Å². The summed E-state index contributed by atoms with van der Waals surface area (Å²) >= 11 is 8.08. The number of anilines is 2. The van der Waals surface area contributed by atoms with Crippen LogP contribution in [0.4, 0.5) is 11.4 Å². The molecule has 0 spiro atoms. The molecule has 3 heterocycles. The summed E-state index contributed by atoms with van der Waals surface area (Å²) in [6.07, 6.45) is 12.1. The van der Waals surface area contributed by atoms with E-state index < -0.39 is 5.97 Å². The minimum atomic E-state index is -0.511. The van der Waals surface area contributed by atoms with Crippen LogP contribution in [0.5, 0.6) is 0 Å².